The average Bonchev–Trinajstić information content (AvgIpc) is 4.50. The Hall–Kier alpha value is -7.35. The zero-order valence-electron chi connectivity index (χ0n) is 45.3. The monoisotopic (exact) mass is 1240 g/mol. The van der Waals surface area contributed by atoms with Gasteiger partial charge in [0.2, 0.25) is 11.8 Å². The van der Waals surface area contributed by atoms with Gasteiger partial charge < -0.3 is 46.5 Å². The van der Waals surface area contributed by atoms with Crippen molar-refractivity contribution in [3.8, 4) is 43.4 Å². The van der Waals surface area contributed by atoms with Crippen LogP contribution < -0.4 is 37.2 Å². The highest BCUT2D eigenvalue weighted by molar-refractivity contribution is 7.15. The predicted octanol–water partition coefficient (Wildman–Crippen LogP) is 7.86. The van der Waals surface area contributed by atoms with Gasteiger partial charge in [0.1, 0.15) is 82.2 Å². The Kier molecular flexibility index (Phi) is 18.8. The fourth-order valence-electron chi connectivity index (χ4n) is 9.02. The second-order valence-electron chi connectivity index (χ2n) is 19.6. The van der Waals surface area contributed by atoms with Crippen LogP contribution in [0.2, 0.25) is 0 Å². The smallest absolute Gasteiger partial charge is 0.412 e. The summed E-state index contributed by atoms with van der Waals surface area (Å²) in [5, 5.41) is 41.4. The second-order valence-corrected chi connectivity index (χ2v) is 25.4. The van der Waals surface area contributed by atoms with Gasteiger partial charge in [-0.25, -0.2) is 39.7 Å². The number of carbonyl (C=O) groups is 6. The first-order valence-electron chi connectivity index (χ1n) is 26.2. The molecule has 8 aromatic rings. The number of anilines is 1. The number of nitrogens with one attached hydrogen (secondary N) is 7. The van der Waals surface area contributed by atoms with E-state index in [1.807, 2.05) is 19.9 Å². The molecule has 10 rings (SSSR count). The maximum atomic E-state index is 14.3. The molecular weight excluding hydrogens is 1180 g/mol. The van der Waals surface area contributed by atoms with Crippen LogP contribution in [-0.4, -0.2) is 116 Å². The maximum Gasteiger partial charge on any atom is 0.412 e. The number of fused-ring (bicyclic) bond motifs is 14. The van der Waals surface area contributed by atoms with Gasteiger partial charge in [-0.3, -0.25) is 29.3 Å². The molecule has 8 N–H and O–H groups in total. The van der Waals surface area contributed by atoms with Gasteiger partial charge in [-0.1, -0.05) is 44.2 Å². The number of benzene rings is 1. The van der Waals surface area contributed by atoms with Crippen LogP contribution in [-0.2, 0) is 25.7 Å². The highest BCUT2D eigenvalue weighted by Crippen LogP contribution is 2.40. The van der Waals surface area contributed by atoms with Crippen LogP contribution in [0, 0.1) is 18.8 Å². The first-order chi connectivity index (χ1) is 40.1. The van der Waals surface area contributed by atoms with E-state index >= 15 is 0 Å². The molecular formula is C54H56N14O9S6. The summed E-state index contributed by atoms with van der Waals surface area (Å²) in [6.45, 7) is 7.05. The van der Waals surface area contributed by atoms with Gasteiger partial charge in [0.15, 0.2) is 0 Å². The summed E-state index contributed by atoms with van der Waals surface area (Å²) in [7, 11) is 2.95. The standard InChI is InChI=1S/C54H56N14O9S6/c1-25(2)39-53-68-42(35(83-53)20-76-5)46(73)57-18-38(70)65-43(44(71)28-9-7-6-8-10-28)52-62-34(23-80-52)50-60-32(21-79-50)41-29(11-12-30(58-41)49-63-36(24-81-49)64-54(75)77-19-27-13-15-56-16-14-27)48-61-33(22-78-48)45(72)59-31(17-37(69)55-4)51-67-40(26(3)82-51)47(74)66-39/h6-12,21-25,27,31,39,43-44,56,71H,13-20H2,1-5H3,(H,55,69)(H,57,73)(H,59,72)(H,64,75)(H,65,70)(H,66,74)/t31-,39-,43-,44-/m0/s1. The van der Waals surface area contributed by atoms with Crippen molar-refractivity contribution in [2.45, 2.75) is 70.9 Å². The van der Waals surface area contributed by atoms with Gasteiger partial charge in [-0.05, 0) is 62.4 Å². The van der Waals surface area contributed by atoms with Gasteiger partial charge in [0.25, 0.3) is 17.7 Å². The Morgan fingerprint density at radius 1 is 0.711 bits per heavy atom. The number of carbonyl (C=O) groups excluding carboxylic acids is 6. The van der Waals surface area contributed by atoms with Crippen molar-refractivity contribution in [1.82, 2.24) is 66.8 Å². The van der Waals surface area contributed by atoms with Crippen molar-refractivity contribution in [2.24, 2.45) is 11.8 Å². The van der Waals surface area contributed by atoms with Crippen LogP contribution in [0.15, 0.2) is 64.0 Å². The maximum absolute atomic E-state index is 14.3. The van der Waals surface area contributed by atoms with Crippen LogP contribution in [0.4, 0.5) is 10.6 Å². The summed E-state index contributed by atoms with van der Waals surface area (Å²) < 4.78 is 11.0. The second kappa shape index (κ2) is 26.5. The Morgan fingerprint density at radius 3 is 2.20 bits per heavy atom. The SMILES string of the molecule is CNC(=O)C[C@@H]1NC(=O)c2csc(n2)-c2ccc(-c3nc(NC(=O)OCC4CCNCC4)cs3)nc2-c2csc(n2)-c2csc(n2)[C@H]([C@@H](O)c2ccccc2)NC(=O)CNC(=O)c2nc(sc2COC)[C@H](C(C)C)NC(=O)c2nc1sc2C. The van der Waals surface area contributed by atoms with Gasteiger partial charge in [-0.15, -0.1) is 68.0 Å². The highest BCUT2D eigenvalue weighted by Gasteiger charge is 2.33. The summed E-state index contributed by atoms with van der Waals surface area (Å²) >= 11 is 7.26. The van der Waals surface area contributed by atoms with Gasteiger partial charge >= 0.3 is 6.09 Å². The number of aromatic nitrogens is 7. The lowest BCUT2D eigenvalue weighted by Crippen LogP contribution is -2.40. The van der Waals surface area contributed by atoms with E-state index in [1.165, 1.54) is 70.8 Å². The third-order valence-corrected chi connectivity index (χ3v) is 19.1. The fourth-order valence-corrected chi connectivity index (χ4v) is 14.5. The van der Waals surface area contributed by atoms with Crippen LogP contribution in [0.25, 0.3) is 43.4 Å². The molecule has 10 bridgehead atoms. The van der Waals surface area contributed by atoms with Crippen molar-refractivity contribution >= 4 is 109 Å². The number of aliphatic hydroxyl groups excluding tert-OH is 1. The first kappa shape index (κ1) is 58.8. The third kappa shape index (κ3) is 13.9. The zero-order chi connectivity index (χ0) is 58.3. The molecule has 0 unspecified atom stereocenters. The van der Waals surface area contributed by atoms with E-state index in [-0.39, 0.29) is 47.8 Å². The van der Waals surface area contributed by atoms with E-state index in [4.69, 9.17) is 39.4 Å². The van der Waals surface area contributed by atoms with Crippen molar-refractivity contribution < 1.29 is 43.3 Å². The Morgan fingerprint density at radius 2 is 1.43 bits per heavy atom. The molecule has 9 heterocycles. The highest BCUT2D eigenvalue weighted by atomic mass is 32.1. The van der Waals surface area contributed by atoms with Crippen LogP contribution in [0.1, 0.15) is 119 Å². The topological polar surface area (TPSA) is 316 Å². The molecule has 0 radical (unpaired) electrons. The number of nitrogens with zero attached hydrogens (tertiary/aromatic N) is 7. The van der Waals surface area contributed by atoms with E-state index < -0.39 is 66.4 Å². The summed E-state index contributed by atoms with van der Waals surface area (Å²) in [5.41, 5.74) is 2.84. The number of amides is 6. The van der Waals surface area contributed by atoms with E-state index in [0.29, 0.717) is 80.3 Å². The molecule has 432 valence electrons. The molecule has 4 atom stereocenters. The number of piperidine rings is 1. The molecule has 0 aliphatic carbocycles. The third-order valence-electron chi connectivity index (χ3n) is 13.4. The largest absolute Gasteiger partial charge is 0.449 e. The number of rotatable bonds is 11. The number of thiazole rings is 6. The first-order valence-corrected chi connectivity index (χ1v) is 31.4. The summed E-state index contributed by atoms with van der Waals surface area (Å²) in [6, 6.07) is 9.60. The molecule has 0 saturated carbocycles. The minimum Gasteiger partial charge on any atom is -0.449 e. The number of pyridine rings is 1. The molecule has 7 aromatic heterocycles. The normalized spacial score (nSPS) is 17.7. The van der Waals surface area contributed by atoms with E-state index in [9.17, 15) is 33.9 Å². The minimum absolute atomic E-state index is 0.00438. The number of aryl methyl sites for hydroxylation is 1. The number of aliphatic hydroxyl groups is 1. The van der Waals surface area contributed by atoms with E-state index in [1.54, 1.807) is 64.8 Å². The average molecular weight is 1240 g/mol. The van der Waals surface area contributed by atoms with Crippen molar-refractivity contribution in [3.63, 3.8) is 0 Å². The van der Waals surface area contributed by atoms with Gasteiger partial charge in [0, 0.05) is 46.1 Å². The number of hydrogen-bond donors (Lipinski definition) is 8. The molecule has 29 heteroatoms. The molecule has 0 spiro atoms. The molecule has 2 aliphatic rings. The molecule has 1 aromatic carbocycles. The Balaban J connectivity index is 1.02. The summed E-state index contributed by atoms with van der Waals surface area (Å²) in [5.74, 6) is -2.51. The van der Waals surface area contributed by atoms with Crippen molar-refractivity contribution in [1.29, 1.82) is 0 Å². The van der Waals surface area contributed by atoms with Crippen LogP contribution in [0.5, 0.6) is 0 Å². The van der Waals surface area contributed by atoms with Crippen LogP contribution in [0.3, 0.4) is 0 Å². The predicted molar refractivity (Wildman–Crippen MR) is 317 cm³/mol. The van der Waals surface area contributed by atoms with E-state index in [0.717, 1.165) is 37.3 Å². The summed E-state index contributed by atoms with van der Waals surface area (Å²) in [4.78, 5) is 117. The molecule has 1 fully saturated rings. The molecule has 2 aliphatic heterocycles. The van der Waals surface area contributed by atoms with Crippen LogP contribution >= 0.6 is 68.0 Å². The molecule has 23 nitrogen and oxygen atoms in total. The molecule has 6 amide bonds. The lowest BCUT2D eigenvalue weighted by molar-refractivity contribution is -0.122. The molecule has 83 heavy (non-hydrogen) atoms. The van der Waals surface area contributed by atoms with Crippen molar-refractivity contribution in [2.75, 3.05) is 45.7 Å². The lowest BCUT2D eigenvalue weighted by Gasteiger charge is -2.23. The summed E-state index contributed by atoms with van der Waals surface area (Å²) in [6.07, 6.45) is -0.246. The number of hydrogen-bond acceptors (Lipinski definition) is 23. The molecule has 1 saturated heterocycles. The quantitative estimate of drug-likeness (QED) is 0.0611. The van der Waals surface area contributed by atoms with Gasteiger partial charge in [0.05, 0.1) is 48.8 Å². The number of methoxy groups -OCH3 is 1. The Labute approximate surface area is 499 Å². The lowest BCUT2D eigenvalue weighted by atomic mass is 9.99. The fraction of sp³-hybridized carbons (Fsp3) is 0.352. The zero-order valence-corrected chi connectivity index (χ0v) is 50.2. The van der Waals surface area contributed by atoms with E-state index in [2.05, 4.69) is 42.2 Å². The Bertz CT molecular complexity index is 3660. The van der Waals surface area contributed by atoms with Gasteiger partial charge in [-0.2, -0.15) is 0 Å². The number of ether oxygens (including phenoxy) is 2. The van der Waals surface area contributed by atoms with Crippen molar-refractivity contribution in [3.05, 3.63) is 111 Å². The minimum atomic E-state index is -1.27.